The molecule has 0 fully saturated rings. The largest absolute Gasteiger partial charge is 0.339 e. The molecule has 0 aliphatic rings. The molecule has 1 aromatic heterocycles. The Balaban J connectivity index is 1.66. The molecule has 8 nitrogen and oxygen atoms in total. The Morgan fingerprint density at radius 2 is 1.46 bits per heavy atom. The fourth-order valence-corrected chi connectivity index (χ4v) is 3.21. The van der Waals surface area contributed by atoms with Crippen LogP contribution in [0.4, 0.5) is 17.3 Å². The van der Waals surface area contributed by atoms with Crippen molar-refractivity contribution in [2.45, 2.75) is 4.90 Å². The van der Waals surface area contributed by atoms with Gasteiger partial charge < -0.3 is 10.6 Å². The van der Waals surface area contributed by atoms with Gasteiger partial charge in [-0.2, -0.15) is 0 Å². The lowest BCUT2D eigenvalue weighted by Crippen LogP contribution is -2.22. The predicted octanol–water partition coefficient (Wildman–Crippen LogP) is 2.72. The quantitative estimate of drug-likeness (QED) is 0.663. The molecule has 3 aromatic rings. The first kappa shape index (κ1) is 19.5. The number of carbonyl (C=O) groups excluding carboxylic acids is 1. The lowest BCUT2D eigenvalue weighted by Gasteiger charge is -2.11. The fourth-order valence-electron chi connectivity index (χ4n) is 2.31. The molecule has 0 spiro atoms. The molecular formula is C19H19N5O3S. The van der Waals surface area contributed by atoms with Crippen LogP contribution in [0, 0.1) is 0 Å². The van der Waals surface area contributed by atoms with E-state index in [1.807, 2.05) is 30.3 Å². The van der Waals surface area contributed by atoms with E-state index in [4.69, 9.17) is 0 Å². The predicted molar refractivity (Wildman–Crippen MR) is 107 cm³/mol. The maximum atomic E-state index is 12.3. The first-order chi connectivity index (χ1) is 13.4. The zero-order valence-corrected chi connectivity index (χ0v) is 16.1. The van der Waals surface area contributed by atoms with Gasteiger partial charge in [0.2, 0.25) is 10.0 Å². The Hall–Kier alpha value is -3.30. The van der Waals surface area contributed by atoms with Gasteiger partial charge in [0, 0.05) is 25.3 Å². The van der Waals surface area contributed by atoms with Crippen molar-refractivity contribution in [3.8, 4) is 0 Å². The summed E-state index contributed by atoms with van der Waals surface area (Å²) in [5.41, 5.74) is 1.19. The van der Waals surface area contributed by atoms with Crippen LogP contribution in [0.15, 0.2) is 71.6 Å². The average Bonchev–Trinajstić information content (AvgIpc) is 2.70. The van der Waals surface area contributed by atoms with Crippen molar-refractivity contribution in [2.75, 3.05) is 24.7 Å². The molecule has 0 radical (unpaired) electrons. The van der Waals surface area contributed by atoms with Gasteiger partial charge in [0.15, 0.2) is 11.6 Å². The summed E-state index contributed by atoms with van der Waals surface area (Å²) in [7, 11) is -0.638. The minimum Gasteiger partial charge on any atom is -0.339 e. The van der Waals surface area contributed by atoms with Crippen molar-refractivity contribution in [3.63, 3.8) is 0 Å². The third-order valence-electron chi connectivity index (χ3n) is 3.85. The average molecular weight is 397 g/mol. The number of hydrogen-bond donors (Lipinski definition) is 2. The summed E-state index contributed by atoms with van der Waals surface area (Å²) in [6.07, 6.45) is 0. The fraction of sp³-hybridized carbons (Fsp3) is 0.105. The van der Waals surface area contributed by atoms with Gasteiger partial charge in [-0.05, 0) is 48.5 Å². The molecule has 0 unspecified atom stereocenters. The topological polar surface area (TPSA) is 104 Å². The maximum Gasteiger partial charge on any atom is 0.256 e. The standard InChI is InChI=1S/C19H19N5O3S/c1-24(2)28(26,27)16-10-8-14(9-11-16)19(25)21-18-13-12-17(22-23-18)20-15-6-4-3-5-7-15/h3-13H,1-2H3,(H,20,22)(H,21,23,25). The Morgan fingerprint density at radius 3 is 2.04 bits per heavy atom. The van der Waals surface area contributed by atoms with E-state index < -0.39 is 15.9 Å². The molecule has 3 rings (SSSR count). The van der Waals surface area contributed by atoms with Gasteiger partial charge in [0.05, 0.1) is 4.90 Å². The van der Waals surface area contributed by atoms with Crippen molar-refractivity contribution < 1.29 is 13.2 Å². The Labute approximate surface area is 163 Å². The van der Waals surface area contributed by atoms with Crippen LogP contribution in [0.3, 0.4) is 0 Å². The molecule has 2 aromatic carbocycles. The van der Waals surface area contributed by atoms with Gasteiger partial charge in [-0.25, -0.2) is 12.7 Å². The van der Waals surface area contributed by atoms with E-state index in [1.54, 1.807) is 12.1 Å². The summed E-state index contributed by atoms with van der Waals surface area (Å²) in [5.74, 6) is 0.419. The number of benzene rings is 2. The van der Waals surface area contributed by atoms with Gasteiger partial charge in [-0.3, -0.25) is 4.79 Å². The van der Waals surface area contributed by atoms with Crippen LogP contribution in [0.1, 0.15) is 10.4 Å². The summed E-state index contributed by atoms with van der Waals surface area (Å²) < 4.78 is 25.3. The summed E-state index contributed by atoms with van der Waals surface area (Å²) >= 11 is 0. The van der Waals surface area contributed by atoms with Crippen LogP contribution in [-0.2, 0) is 10.0 Å². The van der Waals surface area contributed by atoms with Gasteiger partial charge in [0.1, 0.15) is 0 Å². The second kappa shape index (κ2) is 8.15. The highest BCUT2D eigenvalue weighted by Gasteiger charge is 2.17. The van der Waals surface area contributed by atoms with E-state index in [-0.39, 0.29) is 10.7 Å². The SMILES string of the molecule is CN(C)S(=O)(=O)c1ccc(C(=O)Nc2ccc(Nc3ccccc3)nn2)cc1. The van der Waals surface area contributed by atoms with E-state index in [1.165, 1.54) is 38.4 Å². The number of amides is 1. The number of nitrogens with one attached hydrogen (secondary N) is 2. The van der Waals surface area contributed by atoms with Crippen molar-refractivity contribution in [2.24, 2.45) is 0 Å². The molecule has 0 saturated heterocycles. The highest BCUT2D eigenvalue weighted by molar-refractivity contribution is 7.89. The van der Waals surface area contributed by atoms with Crippen molar-refractivity contribution in [1.29, 1.82) is 0 Å². The maximum absolute atomic E-state index is 12.3. The van der Waals surface area contributed by atoms with Crippen LogP contribution in [0.2, 0.25) is 0 Å². The number of rotatable bonds is 6. The zero-order valence-electron chi connectivity index (χ0n) is 15.3. The van der Waals surface area contributed by atoms with Crippen LogP contribution in [-0.4, -0.2) is 42.9 Å². The molecule has 0 aliphatic heterocycles. The lowest BCUT2D eigenvalue weighted by atomic mass is 10.2. The number of para-hydroxylation sites is 1. The number of sulfonamides is 1. The molecular weight excluding hydrogens is 378 g/mol. The highest BCUT2D eigenvalue weighted by atomic mass is 32.2. The number of carbonyl (C=O) groups is 1. The third kappa shape index (κ3) is 4.51. The van der Waals surface area contributed by atoms with E-state index in [2.05, 4.69) is 20.8 Å². The van der Waals surface area contributed by atoms with E-state index in [9.17, 15) is 13.2 Å². The summed E-state index contributed by atoms with van der Waals surface area (Å²) in [5, 5.41) is 13.7. The Bertz CT molecular complexity index is 1050. The van der Waals surface area contributed by atoms with E-state index >= 15 is 0 Å². The molecule has 0 bridgehead atoms. The Kier molecular flexibility index (Phi) is 5.67. The smallest absolute Gasteiger partial charge is 0.256 e. The van der Waals surface area contributed by atoms with Gasteiger partial charge in [0.25, 0.3) is 5.91 Å². The molecule has 1 amide bonds. The minimum atomic E-state index is -3.54. The van der Waals surface area contributed by atoms with Crippen LogP contribution < -0.4 is 10.6 Å². The third-order valence-corrected chi connectivity index (χ3v) is 5.68. The zero-order chi connectivity index (χ0) is 20.1. The van der Waals surface area contributed by atoms with Crippen molar-refractivity contribution in [1.82, 2.24) is 14.5 Å². The van der Waals surface area contributed by atoms with E-state index in [0.29, 0.717) is 11.4 Å². The lowest BCUT2D eigenvalue weighted by molar-refractivity contribution is 0.102. The summed E-state index contributed by atoms with van der Waals surface area (Å²) in [6.45, 7) is 0. The number of nitrogens with zero attached hydrogens (tertiary/aromatic N) is 3. The van der Waals surface area contributed by atoms with E-state index in [0.717, 1.165) is 9.99 Å². The van der Waals surface area contributed by atoms with Gasteiger partial charge in [-0.15, -0.1) is 10.2 Å². The second-order valence-electron chi connectivity index (χ2n) is 6.06. The molecule has 144 valence electrons. The number of anilines is 3. The summed E-state index contributed by atoms with van der Waals surface area (Å²) in [4.78, 5) is 12.4. The molecule has 0 atom stereocenters. The molecule has 9 heteroatoms. The second-order valence-corrected chi connectivity index (χ2v) is 8.21. The van der Waals surface area contributed by atoms with Crippen molar-refractivity contribution >= 4 is 33.3 Å². The Morgan fingerprint density at radius 1 is 0.857 bits per heavy atom. The molecule has 0 saturated carbocycles. The van der Waals surface area contributed by atoms with Gasteiger partial charge >= 0.3 is 0 Å². The molecule has 0 aliphatic carbocycles. The van der Waals surface area contributed by atoms with Crippen molar-refractivity contribution in [3.05, 3.63) is 72.3 Å². The highest BCUT2D eigenvalue weighted by Crippen LogP contribution is 2.16. The summed E-state index contributed by atoms with van der Waals surface area (Å²) in [6, 6.07) is 18.5. The van der Waals surface area contributed by atoms with Crippen LogP contribution >= 0.6 is 0 Å². The normalized spacial score (nSPS) is 11.2. The molecule has 1 heterocycles. The van der Waals surface area contributed by atoms with Crippen LogP contribution in [0.25, 0.3) is 0 Å². The molecule has 28 heavy (non-hydrogen) atoms. The minimum absolute atomic E-state index is 0.116. The number of hydrogen-bond acceptors (Lipinski definition) is 6. The first-order valence-corrected chi connectivity index (χ1v) is 9.80. The number of aromatic nitrogens is 2. The first-order valence-electron chi connectivity index (χ1n) is 8.36. The molecule has 2 N–H and O–H groups in total. The monoisotopic (exact) mass is 397 g/mol. The van der Waals surface area contributed by atoms with Gasteiger partial charge in [-0.1, -0.05) is 18.2 Å². The van der Waals surface area contributed by atoms with Crippen LogP contribution in [0.5, 0.6) is 0 Å².